The highest BCUT2D eigenvalue weighted by Crippen LogP contribution is 2.26. The van der Waals surface area contributed by atoms with Gasteiger partial charge in [0.15, 0.2) is 5.96 Å². The Morgan fingerprint density at radius 3 is 2.61 bits per heavy atom. The van der Waals surface area contributed by atoms with E-state index in [-0.39, 0.29) is 36.3 Å². The van der Waals surface area contributed by atoms with Crippen LogP contribution in [0.15, 0.2) is 17.3 Å². The van der Waals surface area contributed by atoms with Gasteiger partial charge >= 0.3 is 12.2 Å². The fraction of sp³-hybridized carbons (Fsp3) is 0.650. The lowest BCUT2D eigenvalue weighted by Crippen LogP contribution is -2.46. The number of amides is 1. The van der Waals surface area contributed by atoms with Gasteiger partial charge in [0.05, 0.1) is 6.54 Å². The first kappa shape index (κ1) is 22.8. The van der Waals surface area contributed by atoms with Gasteiger partial charge in [0.1, 0.15) is 18.0 Å². The number of anilines is 1. The number of piperidine rings is 2. The molecule has 0 saturated carbocycles. The van der Waals surface area contributed by atoms with Crippen LogP contribution in [0.2, 0.25) is 0 Å². The molecule has 1 amide bonds. The molecule has 1 unspecified atom stereocenters. The van der Waals surface area contributed by atoms with Gasteiger partial charge in [-0.25, -0.2) is 14.6 Å². The molecule has 0 aliphatic carbocycles. The molecule has 0 bridgehead atoms. The number of hydrogen-bond acceptors (Lipinski definition) is 9. The SMILES string of the molecule is NC(N)=Nc1nccc(N2CCC(N3CC(CN4CCC(OC(=O)O)CC4)OC3=O)CC2)n1. The molecule has 33 heavy (non-hydrogen) atoms. The zero-order valence-corrected chi connectivity index (χ0v) is 18.4. The molecule has 13 heteroatoms. The van der Waals surface area contributed by atoms with E-state index in [9.17, 15) is 9.59 Å². The van der Waals surface area contributed by atoms with Crippen molar-refractivity contribution in [2.45, 2.75) is 43.9 Å². The molecule has 0 spiro atoms. The summed E-state index contributed by atoms with van der Waals surface area (Å²) in [7, 11) is 0. The van der Waals surface area contributed by atoms with Crippen LogP contribution >= 0.6 is 0 Å². The molecule has 3 aliphatic rings. The molecule has 3 fully saturated rings. The lowest BCUT2D eigenvalue weighted by atomic mass is 10.0. The molecule has 3 saturated heterocycles. The minimum Gasteiger partial charge on any atom is -0.450 e. The van der Waals surface area contributed by atoms with Crippen molar-refractivity contribution in [1.82, 2.24) is 19.8 Å². The normalized spacial score (nSPS) is 22.8. The number of nitrogens with two attached hydrogens (primary N) is 2. The number of ether oxygens (including phenoxy) is 2. The number of carboxylic acid groups (broad SMARTS) is 1. The van der Waals surface area contributed by atoms with E-state index in [1.807, 2.05) is 11.0 Å². The fourth-order valence-electron chi connectivity index (χ4n) is 4.67. The number of carbonyl (C=O) groups excluding carboxylic acids is 1. The molecule has 1 aromatic heterocycles. The summed E-state index contributed by atoms with van der Waals surface area (Å²) in [4.78, 5) is 41.7. The number of aromatic nitrogens is 2. The quantitative estimate of drug-likeness (QED) is 0.302. The van der Waals surface area contributed by atoms with Crippen molar-refractivity contribution in [2.24, 2.45) is 16.5 Å². The second-order valence-electron chi connectivity index (χ2n) is 8.51. The average molecular weight is 463 g/mol. The summed E-state index contributed by atoms with van der Waals surface area (Å²) < 4.78 is 10.5. The molecule has 4 heterocycles. The fourth-order valence-corrected chi connectivity index (χ4v) is 4.67. The average Bonchev–Trinajstić information content (AvgIpc) is 3.14. The van der Waals surface area contributed by atoms with Crippen LogP contribution in [0.5, 0.6) is 0 Å². The Kier molecular flexibility index (Phi) is 6.96. The van der Waals surface area contributed by atoms with Gasteiger partial charge in [-0.05, 0) is 31.7 Å². The zero-order chi connectivity index (χ0) is 23.4. The highest BCUT2D eigenvalue weighted by Gasteiger charge is 2.38. The van der Waals surface area contributed by atoms with Gasteiger partial charge in [0.25, 0.3) is 5.95 Å². The van der Waals surface area contributed by atoms with E-state index in [2.05, 4.69) is 24.8 Å². The van der Waals surface area contributed by atoms with Gasteiger partial charge in [0, 0.05) is 45.0 Å². The van der Waals surface area contributed by atoms with Gasteiger partial charge in [0.2, 0.25) is 0 Å². The first-order valence-corrected chi connectivity index (χ1v) is 11.1. The summed E-state index contributed by atoms with van der Waals surface area (Å²) in [5.41, 5.74) is 10.8. The van der Waals surface area contributed by atoms with Crippen molar-refractivity contribution >= 4 is 30.0 Å². The summed E-state index contributed by atoms with van der Waals surface area (Å²) in [6.45, 7) is 4.16. The Bertz CT molecular complexity index is 879. The number of guanidine groups is 1. The number of rotatable bonds is 6. The molecule has 5 N–H and O–H groups in total. The number of carbonyl (C=O) groups is 2. The maximum Gasteiger partial charge on any atom is 0.506 e. The van der Waals surface area contributed by atoms with Gasteiger partial charge in [-0.15, -0.1) is 0 Å². The van der Waals surface area contributed by atoms with Crippen LogP contribution < -0.4 is 16.4 Å². The summed E-state index contributed by atoms with van der Waals surface area (Å²) in [5, 5.41) is 8.75. The first-order valence-electron chi connectivity index (χ1n) is 11.1. The van der Waals surface area contributed by atoms with Crippen LogP contribution in [0.3, 0.4) is 0 Å². The zero-order valence-electron chi connectivity index (χ0n) is 18.4. The molecule has 4 rings (SSSR count). The summed E-state index contributed by atoms with van der Waals surface area (Å²) in [6.07, 6.45) is 2.62. The lowest BCUT2D eigenvalue weighted by Gasteiger charge is -2.36. The maximum absolute atomic E-state index is 12.5. The minimum absolute atomic E-state index is 0.0917. The van der Waals surface area contributed by atoms with Gasteiger partial charge in [-0.2, -0.15) is 9.98 Å². The summed E-state index contributed by atoms with van der Waals surface area (Å²) in [6, 6.07) is 1.93. The molecular weight excluding hydrogens is 432 g/mol. The van der Waals surface area contributed by atoms with Gasteiger partial charge < -0.3 is 35.8 Å². The molecule has 180 valence electrons. The Hall–Kier alpha value is -3.35. The van der Waals surface area contributed by atoms with E-state index >= 15 is 0 Å². The van der Waals surface area contributed by atoms with Gasteiger partial charge in [-0.1, -0.05) is 0 Å². The van der Waals surface area contributed by atoms with Crippen molar-refractivity contribution in [1.29, 1.82) is 0 Å². The van der Waals surface area contributed by atoms with Crippen LogP contribution in [0.25, 0.3) is 0 Å². The third kappa shape index (κ3) is 5.92. The highest BCUT2D eigenvalue weighted by atomic mass is 16.7. The molecule has 1 aromatic rings. The topological polar surface area (TPSA) is 173 Å². The van der Waals surface area contributed by atoms with E-state index in [0.29, 0.717) is 25.9 Å². The van der Waals surface area contributed by atoms with Crippen molar-refractivity contribution < 1.29 is 24.2 Å². The Balaban J connectivity index is 1.25. The first-order chi connectivity index (χ1) is 15.9. The Labute approximate surface area is 191 Å². The molecule has 1 atom stereocenters. The van der Waals surface area contributed by atoms with Crippen molar-refractivity contribution in [3.63, 3.8) is 0 Å². The van der Waals surface area contributed by atoms with E-state index in [1.54, 1.807) is 6.20 Å². The number of nitrogens with zero attached hydrogens (tertiary/aromatic N) is 6. The standard InChI is InChI=1S/C20H30N8O5/c21-17(22)25-18-23-6-1-16(24-18)27-9-2-13(3-10-27)28-12-15(32-19(28)29)11-26-7-4-14(5-8-26)33-20(30)31/h1,6,13-15H,2-5,7-12H2,(H,30,31)(H4,21,22,23,24,25). The number of aliphatic imine (C=N–C) groups is 1. The largest absolute Gasteiger partial charge is 0.506 e. The third-order valence-electron chi connectivity index (χ3n) is 6.25. The van der Waals surface area contributed by atoms with E-state index in [0.717, 1.165) is 44.8 Å². The molecule has 0 aromatic carbocycles. The molecular formula is C20H30N8O5. The maximum atomic E-state index is 12.5. The lowest BCUT2D eigenvalue weighted by molar-refractivity contribution is 0.0125. The number of cyclic esters (lactones) is 1. The number of likely N-dealkylation sites (tertiary alicyclic amines) is 1. The monoisotopic (exact) mass is 462 g/mol. The van der Waals surface area contributed by atoms with Gasteiger partial charge in [-0.3, -0.25) is 4.90 Å². The summed E-state index contributed by atoms with van der Waals surface area (Å²) in [5.74, 6) is 0.880. The van der Waals surface area contributed by atoms with Crippen molar-refractivity contribution in [3.8, 4) is 0 Å². The Morgan fingerprint density at radius 1 is 1.21 bits per heavy atom. The second-order valence-corrected chi connectivity index (χ2v) is 8.51. The summed E-state index contributed by atoms with van der Waals surface area (Å²) >= 11 is 0. The highest BCUT2D eigenvalue weighted by molar-refractivity contribution is 5.78. The van der Waals surface area contributed by atoms with Crippen LogP contribution in [0, 0.1) is 0 Å². The Morgan fingerprint density at radius 2 is 1.94 bits per heavy atom. The number of hydrogen-bond donors (Lipinski definition) is 3. The van der Waals surface area contributed by atoms with E-state index in [4.69, 9.17) is 26.0 Å². The predicted octanol–water partition coefficient (Wildman–Crippen LogP) is 0.330. The molecule has 3 aliphatic heterocycles. The van der Waals surface area contributed by atoms with Crippen molar-refractivity contribution in [2.75, 3.05) is 44.2 Å². The minimum atomic E-state index is -1.23. The third-order valence-corrected chi connectivity index (χ3v) is 6.25. The molecule has 13 nitrogen and oxygen atoms in total. The van der Waals surface area contributed by atoms with Crippen LogP contribution in [0.4, 0.5) is 21.4 Å². The molecule has 0 radical (unpaired) electrons. The smallest absolute Gasteiger partial charge is 0.450 e. The van der Waals surface area contributed by atoms with E-state index < -0.39 is 6.16 Å². The van der Waals surface area contributed by atoms with Crippen molar-refractivity contribution in [3.05, 3.63) is 12.3 Å². The van der Waals surface area contributed by atoms with Crippen LogP contribution in [-0.4, -0.2) is 101 Å². The van der Waals surface area contributed by atoms with Crippen LogP contribution in [-0.2, 0) is 9.47 Å². The second kappa shape index (κ2) is 10.1. The van der Waals surface area contributed by atoms with E-state index in [1.165, 1.54) is 0 Å². The van der Waals surface area contributed by atoms with Crippen LogP contribution in [0.1, 0.15) is 25.7 Å². The predicted molar refractivity (Wildman–Crippen MR) is 118 cm³/mol.